The molecule has 0 atom stereocenters. The van der Waals surface area contributed by atoms with Crippen molar-refractivity contribution in [2.24, 2.45) is 0 Å². The molecule has 0 N–H and O–H groups in total. The number of thioether (sulfide) groups is 1. The molecule has 0 unspecified atom stereocenters. The Morgan fingerprint density at radius 3 is 2.70 bits per heavy atom. The molecule has 0 aliphatic rings. The second kappa shape index (κ2) is 7.94. The van der Waals surface area contributed by atoms with E-state index >= 15 is 0 Å². The highest BCUT2D eigenvalue weighted by Gasteiger charge is 2.13. The lowest BCUT2D eigenvalue weighted by atomic mass is 10.1. The Labute approximate surface area is 140 Å². The summed E-state index contributed by atoms with van der Waals surface area (Å²) >= 11 is 1.56. The molecule has 0 aromatic heterocycles. The van der Waals surface area contributed by atoms with Crippen LogP contribution in [0.15, 0.2) is 58.8 Å². The molecule has 0 fully saturated rings. The first kappa shape index (κ1) is 17.2. The molecule has 0 spiro atoms. The maximum Gasteiger partial charge on any atom is 0.275 e. The monoisotopic (exact) mass is 329 g/mol. The number of benzene rings is 2. The maximum atomic E-state index is 11.1. The highest BCUT2D eigenvalue weighted by Crippen LogP contribution is 2.28. The van der Waals surface area contributed by atoms with Crippen molar-refractivity contribution in [1.82, 2.24) is 0 Å². The summed E-state index contributed by atoms with van der Waals surface area (Å²) in [5.41, 5.74) is 2.73. The zero-order valence-corrected chi connectivity index (χ0v) is 14.1. The molecular weight excluding hydrogens is 310 g/mol. The minimum atomic E-state index is -0.372. The van der Waals surface area contributed by atoms with Gasteiger partial charge in [-0.2, -0.15) is 0 Å². The summed E-state index contributed by atoms with van der Waals surface area (Å²) in [5, 5.41) is 11.1. The average Bonchev–Trinajstić information content (AvgIpc) is 2.51. The van der Waals surface area contributed by atoms with Crippen LogP contribution in [-0.2, 0) is 11.3 Å². The minimum Gasteiger partial charge on any atom is -0.371 e. The molecule has 2 aromatic carbocycles. The van der Waals surface area contributed by atoms with Gasteiger partial charge >= 0.3 is 0 Å². The Bertz CT molecular complexity index is 728. The van der Waals surface area contributed by atoms with Crippen molar-refractivity contribution >= 4 is 17.4 Å². The number of hydrogen-bond donors (Lipinski definition) is 0. The van der Waals surface area contributed by atoms with Gasteiger partial charge in [-0.05, 0) is 37.1 Å². The summed E-state index contributed by atoms with van der Waals surface area (Å²) < 4.78 is 5.60. The van der Waals surface area contributed by atoms with Crippen LogP contribution in [0, 0.1) is 24.0 Å². The maximum absolute atomic E-state index is 11.1. The lowest BCUT2D eigenvalue weighted by Gasteiger charge is -2.09. The molecule has 0 aliphatic heterocycles. The predicted molar refractivity (Wildman–Crippen MR) is 93.7 cm³/mol. The molecule has 0 bridgehead atoms. The third kappa shape index (κ3) is 4.94. The normalized spacial score (nSPS) is 10.5. The minimum absolute atomic E-state index is 0.0992. The van der Waals surface area contributed by atoms with E-state index in [0.717, 1.165) is 15.4 Å². The highest BCUT2D eigenvalue weighted by molar-refractivity contribution is 8.03. The molecule has 120 valence electrons. The van der Waals surface area contributed by atoms with Gasteiger partial charge in [-0.15, -0.1) is 0 Å². The van der Waals surface area contributed by atoms with Crippen LogP contribution in [0.4, 0.5) is 5.69 Å². The standard InChI is InChI=1S/C18H19NO3S/c1-13-8-9-16(17(10-13)19(20)21)12-22-11-15(3)23-18-7-5-4-6-14(18)2/h4-10H,3,11-12H2,1-2H3. The Balaban J connectivity index is 1.91. The number of nitro groups is 1. The number of ether oxygens (including phenoxy) is 1. The van der Waals surface area contributed by atoms with E-state index in [0.29, 0.717) is 12.2 Å². The summed E-state index contributed by atoms with van der Waals surface area (Å²) in [6.07, 6.45) is 0. The molecule has 0 amide bonds. The van der Waals surface area contributed by atoms with Gasteiger partial charge in [0.15, 0.2) is 0 Å². The summed E-state index contributed by atoms with van der Waals surface area (Å²) in [5.74, 6) is 0. The fraction of sp³-hybridized carbons (Fsp3) is 0.222. The highest BCUT2D eigenvalue weighted by atomic mass is 32.2. The summed E-state index contributed by atoms with van der Waals surface area (Å²) in [6, 6.07) is 13.2. The van der Waals surface area contributed by atoms with Crippen LogP contribution in [0.5, 0.6) is 0 Å². The van der Waals surface area contributed by atoms with Gasteiger partial charge in [-0.25, -0.2) is 0 Å². The Morgan fingerprint density at radius 2 is 2.00 bits per heavy atom. The number of aryl methyl sites for hydroxylation is 2. The van der Waals surface area contributed by atoms with Crippen LogP contribution in [0.2, 0.25) is 0 Å². The zero-order chi connectivity index (χ0) is 16.8. The average molecular weight is 329 g/mol. The Morgan fingerprint density at radius 1 is 1.26 bits per heavy atom. The van der Waals surface area contributed by atoms with Crippen molar-refractivity contribution in [3.8, 4) is 0 Å². The third-order valence-electron chi connectivity index (χ3n) is 3.31. The van der Waals surface area contributed by atoms with Crippen LogP contribution in [0.3, 0.4) is 0 Å². The van der Waals surface area contributed by atoms with Crippen LogP contribution in [0.25, 0.3) is 0 Å². The molecule has 2 rings (SSSR count). The van der Waals surface area contributed by atoms with Crippen molar-refractivity contribution in [3.05, 3.63) is 80.8 Å². The first-order chi connectivity index (χ1) is 11.0. The lowest BCUT2D eigenvalue weighted by Crippen LogP contribution is -2.01. The van der Waals surface area contributed by atoms with Crippen molar-refractivity contribution in [1.29, 1.82) is 0 Å². The molecule has 0 radical (unpaired) electrons. The Hall–Kier alpha value is -2.11. The topological polar surface area (TPSA) is 52.4 Å². The number of hydrogen-bond acceptors (Lipinski definition) is 4. The third-order valence-corrected chi connectivity index (χ3v) is 4.39. The molecule has 5 heteroatoms. The van der Waals surface area contributed by atoms with Gasteiger partial charge < -0.3 is 4.74 Å². The van der Waals surface area contributed by atoms with Gasteiger partial charge in [-0.1, -0.05) is 42.6 Å². The second-order valence-corrected chi connectivity index (χ2v) is 6.51. The fourth-order valence-corrected chi connectivity index (χ4v) is 2.93. The quantitative estimate of drug-likeness (QED) is 0.406. The molecule has 4 nitrogen and oxygen atoms in total. The lowest BCUT2D eigenvalue weighted by molar-refractivity contribution is -0.386. The Kier molecular flexibility index (Phi) is 5.96. The van der Waals surface area contributed by atoms with E-state index in [2.05, 4.69) is 6.58 Å². The fourth-order valence-electron chi connectivity index (χ4n) is 2.10. The van der Waals surface area contributed by atoms with Gasteiger partial charge in [0.1, 0.15) is 0 Å². The van der Waals surface area contributed by atoms with Crippen LogP contribution in [-0.4, -0.2) is 11.5 Å². The van der Waals surface area contributed by atoms with E-state index in [1.54, 1.807) is 23.9 Å². The van der Waals surface area contributed by atoms with E-state index in [1.165, 1.54) is 5.56 Å². The molecule has 2 aromatic rings. The first-order valence-electron chi connectivity index (χ1n) is 7.20. The number of rotatable bonds is 7. The predicted octanol–water partition coefficient (Wildman–Crippen LogP) is 5.03. The van der Waals surface area contributed by atoms with E-state index in [1.807, 2.05) is 44.2 Å². The SMILES string of the molecule is C=C(COCc1ccc(C)cc1[N+](=O)[O-])Sc1ccccc1C. The van der Waals surface area contributed by atoms with Gasteiger partial charge in [0, 0.05) is 15.9 Å². The second-order valence-electron chi connectivity index (χ2n) is 5.29. The van der Waals surface area contributed by atoms with Gasteiger partial charge in [0.05, 0.1) is 23.7 Å². The molecule has 0 saturated carbocycles. The zero-order valence-electron chi connectivity index (χ0n) is 13.2. The largest absolute Gasteiger partial charge is 0.371 e. The number of nitrogens with zero attached hydrogens (tertiary/aromatic N) is 1. The van der Waals surface area contributed by atoms with Gasteiger partial charge in [0.25, 0.3) is 5.69 Å². The van der Waals surface area contributed by atoms with Crippen LogP contribution < -0.4 is 0 Å². The van der Waals surface area contributed by atoms with Crippen LogP contribution >= 0.6 is 11.8 Å². The molecule has 0 heterocycles. The van der Waals surface area contributed by atoms with Gasteiger partial charge in [-0.3, -0.25) is 10.1 Å². The number of nitro benzene ring substituents is 1. The van der Waals surface area contributed by atoms with Crippen molar-refractivity contribution in [2.45, 2.75) is 25.3 Å². The molecule has 0 saturated heterocycles. The van der Waals surface area contributed by atoms with Gasteiger partial charge in [0.2, 0.25) is 0 Å². The summed E-state index contributed by atoms with van der Waals surface area (Å²) in [7, 11) is 0. The molecule has 23 heavy (non-hydrogen) atoms. The van der Waals surface area contributed by atoms with E-state index in [-0.39, 0.29) is 17.2 Å². The summed E-state index contributed by atoms with van der Waals surface area (Å²) in [6.45, 7) is 8.43. The molecule has 0 aliphatic carbocycles. The van der Waals surface area contributed by atoms with Crippen molar-refractivity contribution in [3.63, 3.8) is 0 Å². The van der Waals surface area contributed by atoms with Crippen molar-refractivity contribution in [2.75, 3.05) is 6.61 Å². The smallest absolute Gasteiger partial charge is 0.275 e. The first-order valence-corrected chi connectivity index (χ1v) is 8.02. The van der Waals surface area contributed by atoms with Crippen LogP contribution in [0.1, 0.15) is 16.7 Å². The van der Waals surface area contributed by atoms with E-state index in [4.69, 9.17) is 4.74 Å². The van der Waals surface area contributed by atoms with Crippen molar-refractivity contribution < 1.29 is 9.66 Å². The molecular formula is C18H19NO3S. The van der Waals surface area contributed by atoms with E-state index in [9.17, 15) is 10.1 Å². The van der Waals surface area contributed by atoms with E-state index < -0.39 is 0 Å². The summed E-state index contributed by atoms with van der Waals surface area (Å²) in [4.78, 5) is 12.7.